The topological polar surface area (TPSA) is 105 Å². The van der Waals surface area contributed by atoms with E-state index >= 15 is 0 Å². The summed E-state index contributed by atoms with van der Waals surface area (Å²) in [5, 5.41) is 14.4. The van der Waals surface area contributed by atoms with E-state index in [0.29, 0.717) is 13.1 Å². The molecule has 3 heterocycles. The zero-order chi connectivity index (χ0) is 28.3. The van der Waals surface area contributed by atoms with Crippen molar-refractivity contribution < 1.29 is 14.4 Å². The molecule has 2 aliphatic heterocycles. The summed E-state index contributed by atoms with van der Waals surface area (Å²) in [6.07, 6.45) is 2.84. The standard InChI is InChI=1S/C31H31N7O3/c1-2-16-36(31(41)32-17-22-10-5-3-6-11-22)37-21-27(39)38-26(37)20-35(30(40)29(38)23-12-7-4-8-13-23)19-25-15-9-14-24-18-33-34-28(24)25/h2-15,18,26,29H,1,16-17,19-21H2,(H,32,41)(H,33,34)/t26-,29+/m1/s1. The summed E-state index contributed by atoms with van der Waals surface area (Å²) in [6, 6.07) is 23.7. The van der Waals surface area contributed by atoms with Crippen LogP contribution in [0, 0.1) is 0 Å². The lowest BCUT2D eigenvalue weighted by Crippen LogP contribution is -2.62. The van der Waals surface area contributed by atoms with Gasteiger partial charge < -0.3 is 15.1 Å². The molecule has 10 nitrogen and oxygen atoms in total. The summed E-state index contributed by atoms with van der Waals surface area (Å²) in [6.45, 7) is 4.92. The van der Waals surface area contributed by atoms with Crippen molar-refractivity contribution in [1.29, 1.82) is 0 Å². The summed E-state index contributed by atoms with van der Waals surface area (Å²) in [5.74, 6) is -0.375. The SMILES string of the molecule is C=CCN(C(=O)NCc1ccccc1)N1CC(=O)N2[C@@H](c3ccccc3)C(=O)N(Cc3cccc4cn[nH]c34)C[C@@H]21. The van der Waals surface area contributed by atoms with E-state index in [1.807, 2.05) is 78.9 Å². The van der Waals surface area contributed by atoms with Crippen LogP contribution >= 0.6 is 0 Å². The number of amides is 4. The van der Waals surface area contributed by atoms with Crippen molar-refractivity contribution in [1.82, 2.24) is 35.3 Å². The Hall–Kier alpha value is -4.96. The highest BCUT2D eigenvalue weighted by Gasteiger charge is 2.52. The monoisotopic (exact) mass is 549 g/mol. The first-order valence-electron chi connectivity index (χ1n) is 13.6. The van der Waals surface area contributed by atoms with Gasteiger partial charge in [0.05, 0.1) is 31.3 Å². The molecule has 2 saturated heterocycles. The van der Waals surface area contributed by atoms with Gasteiger partial charge in [-0.2, -0.15) is 10.1 Å². The maximum atomic E-state index is 14.1. The van der Waals surface area contributed by atoms with E-state index in [1.54, 1.807) is 27.1 Å². The normalized spacial score (nSPS) is 18.9. The molecule has 6 rings (SSSR count). The number of nitrogens with one attached hydrogen (secondary N) is 2. The maximum Gasteiger partial charge on any atom is 0.332 e. The van der Waals surface area contributed by atoms with E-state index in [1.165, 1.54) is 5.01 Å². The quantitative estimate of drug-likeness (QED) is 0.328. The summed E-state index contributed by atoms with van der Waals surface area (Å²) < 4.78 is 0. The van der Waals surface area contributed by atoms with Gasteiger partial charge in [0.1, 0.15) is 12.2 Å². The number of hydrazine groups is 1. The molecule has 41 heavy (non-hydrogen) atoms. The zero-order valence-corrected chi connectivity index (χ0v) is 22.5. The highest BCUT2D eigenvalue weighted by Crippen LogP contribution is 2.36. The molecule has 0 radical (unpaired) electrons. The number of rotatable bonds is 8. The third-order valence-electron chi connectivity index (χ3n) is 7.63. The molecule has 1 aromatic heterocycles. The van der Waals surface area contributed by atoms with Gasteiger partial charge in [0.25, 0.3) is 5.91 Å². The number of hydrogen-bond acceptors (Lipinski definition) is 5. The predicted molar refractivity (Wildman–Crippen MR) is 154 cm³/mol. The van der Waals surface area contributed by atoms with Crippen LogP contribution in [0.25, 0.3) is 10.9 Å². The fourth-order valence-corrected chi connectivity index (χ4v) is 5.70. The second-order valence-electron chi connectivity index (χ2n) is 10.2. The van der Waals surface area contributed by atoms with Crippen molar-refractivity contribution in [2.45, 2.75) is 25.3 Å². The molecule has 2 N–H and O–H groups in total. The summed E-state index contributed by atoms with van der Waals surface area (Å²) in [5.41, 5.74) is 3.48. The lowest BCUT2D eigenvalue weighted by Gasteiger charge is -2.46. The number of benzene rings is 3. The highest BCUT2D eigenvalue weighted by molar-refractivity contribution is 5.92. The second kappa shape index (κ2) is 11.3. The molecule has 4 aromatic rings. The molecule has 4 amide bonds. The Kier molecular flexibility index (Phi) is 7.22. The van der Waals surface area contributed by atoms with Crippen LogP contribution in [0.15, 0.2) is 97.7 Å². The number of piperazine rings is 1. The lowest BCUT2D eigenvalue weighted by molar-refractivity contribution is -0.158. The number of carbonyl (C=O) groups excluding carboxylic acids is 3. The third-order valence-corrected chi connectivity index (χ3v) is 7.63. The molecule has 2 fully saturated rings. The van der Waals surface area contributed by atoms with Crippen LogP contribution in [0.1, 0.15) is 22.7 Å². The average Bonchev–Trinajstić information content (AvgIpc) is 3.61. The molecular formula is C31H31N7O3. The Morgan fingerprint density at radius 3 is 2.56 bits per heavy atom. The van der Waals surface area contributed by atoms with Crippen molar-refractivity contribution >= 4 is 28.7 Å². The van der Waals surface area contributed by atoms with Crippen LogP contribution in [-0.4, -0.2) is 73.7 Å². The fourth-order valence-electron chi connectivity index (χ4n) is 5.70. The fraction of sp³-hybridized carbons (Fsp3) is 0.226. The molecule has 0 spiro atoms. The largest absolute Gasteiger partial charge is 0.333 e. The minimum atomic E-state index is -0.814. The average molecular weight is 550 g/mol. The number of para-hydroxylation sites is 1. The zero-order valence-electron chi connectivity index (χ0n) is 22.5. The molecule has 3 aromatic carbocycles. The molecule has 10 heteroatoms. The minimum Gasteiger partial charge on any atom is -0.333 e. The first kappa shape index (κ1) is 26.3. The molecular weight excluding hydrogens is 518 g/mol. The van der Waals surface area contributed by atoms with E-state index in [9.17, 15) is 14.4 Å². The molecule has 0 aliphatic carbocycles. The van der Waals surface area contributed by atoms with Crippen molar-refractivity contribution in [3.05, 3.63) is 114 Å². The number of aromatic nitrogens is 2. The van der Waals surface area contributed by atoms with Crippen LogP contribution in [-0.2, 0) is 22.7 Å². The highest BCUT2D eigenvalue weighted by atomic mass is 16.2. The first-order chi connectivity index (χ1) is 20.0. The van der Waals surface area contributed by atoms with E-state index in [0.717, 1.165) is 27.6 Å². The van der Waals surface area contributed by atoms with Gasteiger partial charge in [0, 0.05) is 18.5 Å². The van der Waals surface area contributed by atoms with Gasteiger partial charge in [-0.05, 0) is 16.7 Å². The Bertz CT molecular complexity index is 1570. The Balaban J connectivity index is 1.33. The van der Waals surface area contributed by atoms with Gasteiger partial charge in [0.15, 0.2) is 0 Å². The molecule has 2 aliphatic rings. The van der Waals surface area contributed by atoms with Gasteiger partial charge in [-0.1, -0.05) is 84.9 Å². The number of urea groups is 1. The van der Waals surface area contributed by atoms with Crippen molar-refractivity contribution in [3.63, 3.8) is 0 Å². The molecule has 208 valence electrons. The Morgan fingerprint density at radius 1 is 1.05 bits per heavy atom. The van der Waals surface area contributed by atoms with Crippen LogP contribution in [0.2, 0.25) is 0 Å². The molecule has 2 atom stereocenters. The number of carbonyl (C=O) groups is 3. The smallest absolute Gasteiger partial charge is 0.332 e. The summed E-state index contributed by atoms with van der Waals surface area (Å²) >= 11 is 0. The van der Waals surface area contributed by atoms with Gasteiger partial charge in [-0.15, -0.1) is 6.58 Å². The molecule has 0 unspecified atom stereocenters. The number of H-pyrrole nitrogens is 1. The van der Waals surface area contributed by atoms with Crippen LogP contribution in [0.4, 0.5) is 4.79 Å². The number of hydrogen-bond donors (Lipinski definition) is 2. The predicted octanol–water partition coefficient (Wildman–Crippen LogP) is 3.43. The summed E-state index contributed by atoms with van der Waals surface area (Å²) in [4.78, 5) is 44.5. The van der Waals surface area contributed by atoms with Crippen LogP contribution in [0.3, 0.4) is 0 Å². The van der Waals surface area contributed by atoms with E-state index < -0.39 is 12.2 Å². The van der Waals surface area contributed by atoms with Gasteiger partial charge in [-0.3, -0.25) is 19.7 Å². The van der Waals surface area contributed by atoms with Crippen molar-refractivity contribution in [2.75, 3.05) is 19.6 Å². The Labute approximate surface area is 237 Å². The van der Waals surface area contributed by atoms with Gasteiger partial charge >= 0.3 is 6.03 Å². The van der Waals surface area contributed by atoms with Crippen LogP contribution < -0.4 is 5.32 Å². The van der Waals surface area contributed by atoms with E-state index in [-0.39, 0.29) is 37.5 Å². The van der Waals surface area contributed by atoms with Gasteiger partial charge in [0.2, 0.25) is 5.91 Å². The molecule has 0 saturated carbocycles. The number of nitrogens with zero attached hydrogens (tertiary/aromatic N) is 5. The van der Waals surface area contributed by atoms with Crippen LogP contribution in [0.5, 0.6) is 0 Å². The maximum absolute atomic E-state index is 14.1. The van der Waals surface area contributed by atoms with E-state index in [2.05, 4.69) is 22.1 Å². The van der Waals surface area contributed by atoms with Crippen molar-refractivity contribution in [2.24, 2.45) is 0 Å². The second-order valence-corrected chi connectivity index (χ2v) is 10.2. The number of fused-ring (bicyclic) bond motifs is 2. The molecule has 0 bridgehead atoms. The van der Waals surface area contributed by atoms with Gasteiger partial charge in [-0.25, -0.2) is 4.79 Å². The first-order valence-corrected chi connectivity index (χ1v) is 13.6. The van der Waals surface area contributed by atoms with Crippen molar-refractivity contribution in [3.8, 4) is 0 Å². The van der Waals surface area contributed by atoms with E-state index in [4.69, 9.17) is 0 Å². The third kappa shape index (κ3) is 5.05. The summed E-state index contributed by atoms with van der Waals surface area (Å²) in [7, 11) is 0. The minimum absolute atomic E-state index is 0.0299. The number of aromatic amines is 1. The lowest BCUT2D eigenvalue weighted by atomic mass is 10.00. The Morgan fingerprint density at radius 2 is 1.80 bits per heavy atom.